The van der Waals surface area contributed by atoms with Crippen LogP contribution in [-0.2, 0) is 5.60 Å². The maximum Gasteiger partial charge on any atom is 0.255 e. The zero-order valence-corrected chi connectivity index (χ0v) is 14.1. The Kier molecular flexibility index (Phi) is 3.36. The van der Waals surface area contributed by atoms with Crippen molar-refractivity contribution in [1.82, 2.24) is 5.32 Å². The highest BCUT2D eigenvalue weighted by Crippen LogP contribution is 2.51. The molecule has 1 aliphatic heterocycles. The minimum Gasteiger partial charge on any atom is -0.506 e. The summed E-state index contributed by atoms with van der Waals surface area (Å²) >= 11 is 0. The van der Waals surface area contributed by atoms with Crippen molar-refractivity contribution in [2.24, 2.45) is 0 Å². The smallest absolute Gasteiger partial charge is 0.255 e. The SMILES string of the molecule is CNC(=O)c1c(C)cc2c(c1O)-c1cc(C)ccc1C(C)(C)O2. The summed E-state index contributed by atoms with van der Waals surface area (Å²) in [6.07, 6.45) is 0. The van der Waals surface area contributed by atoms with Gasteiger partial charge < -0.3 is 15.2 Å². The molecule has 2 aromatic carbocycles. The monoisotopic (exact) mass is 311 g/mol. The molecule has 0 saturated carbocycles. The van der Waals surface area contributed by atoms with Crippen molar-refractivity contribution in [3.05, 3.63) is 46.5 Å². The van der Waals surface area contributed by atoms with E-state index in [1.807, 2.05) is 45.0 Å². The molecule has 2 N–H and O–H groups in total. The zero-order valence-electron chi connectivity index (χ0n) is 14.1. The summed E-state index contributed by atoms with van der Waals surface area (Å²) in [4.78, 5) is 12.1. The number of hydrogen-bond donors (Lipinski definition) is 2. The van der Waals surface area contributed by atoms with Crippen LogP contribution in [0.25, 0.3) is 11.1 Å². The fraction of sp³-hybridized carbons (Fsp3) is 0.316. The van der Waals surface area contributed by atoms with Crippen molar-refractivity contribution in [3.63, 3.8) is 0 Å². The van der Waals surface area contributed by atoms with E-state index in [0.717, 1.165) is 16.7 Å². The van der Waals surface area contributed by atoms with E-state index in [9.17, 15) is 9.90 Å². The number of ether oxygens (including phenoxy) is 1. The van der Waals surface area contributed by atoms with Crippen molar-refractivity contribution < 1.29 is 14.6 Å². The van der Waals surface area contributed by atoms with E-state index in [1.54, 1.807) is 14.0 Å². The van der Waals surface area contributed by atoms with Gasteiger partial charge in [-0.25, -0.2) is 0 Å². The molecule has 0 saturated heterocycles. The lowest BCUT2D eigenvalue weighted by atomic mass is 9.83. The van der Waals surface area contributed by atoms with Crippen LogP contribution in [0, 0.1) is 13.8 Å². The molecular formula is C19H21NO3. The first-order valence-corrected chi connectivity index (χ1v) is 7.65. The molecular weight excluding hydrogens is 290 g/mol. The molecule has 0 spiro atoms. The average molecular weight is 311 g/mol. The topological polar surface area (TPSA) is 58.6 Å². The number of phenols is 1. The minimum atomic E-state index is -0.497. The summed E-state index contributed by atoms with van der Waals surface area (Å²) in [7, 11) is 1.55. The van der Waals surface area contributed by atoms with E-state index < -0.39 is 5.60 Å². The fourth-order valence-corrected chi connectivity index (χ4v) is 3.24. The van der Waals surface area contributed by atoms with E-state index in [4.69, 9.17) is 4.74 Å². The van der Waals surface area contributed by atoms with Crippen molar-refractivity contribution in [2.45, 2.75) is 33.3 Å². The average Bonchev–Trinajstić information content (AvgIpc) is 2.45. The second-order valence-corrected chi connectivity index (χ2v) is 6.53. The van der Waals surface area contributed by atoms with Crippen LogP contribution in [-0.4, -0.2) is 18.1 Å². The number of aromatic hydroxyl groups is 1. The molecule has 0 unspecified atom stereocenters. The standard InChI is InChI=1S/C19H21NO3/c1-10-6-7-13-12(8-10)16-14(23-19(13,3)4)9-11(2)15(17(16)21)18(22)20-5/h6-9,21H,1-5H3,(H,20,22). The van der Waals surface area contributed by atoms with Crippen LogP contribution in [0.3, 0.4) is 0 Å². The molecule has 1 heterocycles. The Morgan fingerprint density at radius 3 is 2.57 bits per heavy atom. The Bertz CT molecular complexity index is 822. The van der Waals surface area contributed by atoms with Gasteiger partial charge in [0.2, 0.25) is 0 Å². The van der Waals surface area contributed by atoms with E-state index in [1.165, 1.54) is 0 Å². The second kappa shape index (κ2) is 5.01. The third-order valence-corrected chi connectivity index (χ3v) is 4.37. The number of hydrogen-bond acceptors (Lipinski definition) is 3. The molecule has 23 heavy (non-hydrogen) atoms. The van der Waals surface area contributed by atoms with Crippen molar-refractivity contribution in [1.29, 1.82) is 0 Å². The number of carbonyl (C=O) groups excluding carboxylic acids is 1. The first-order valence-electron chi connectivity index (χ1n) is 7.65. The highest BCUT2D eigenvalue weighted by atomic mass is 16.5. The molecule has 0 radical (unpaired) electrons. The molecule has 0 aliphatic carbocycles. The summed E-state index contributed by atoms with van der Waals surface area (Å²) < 4.78 is 6.12. The maximum absolute atomic E-state index is 12.1. The maximum atomic E-state index is 12.1. The normalized spacial score (nSPS) is 14.5. The van der Waals surface area contributed by atoms with Gasteiger partial charge in [-0.3, -0.25) is 4.79 Å². The third-order valence-electron chi connectivity index (χ3n) is 4.37. The van der Waals surface area contributed by atoms with E-state index in [0.29, 0.717) is 22.4 Å². The van der Waals surface area contributed by atoms with E-state index >= 15 is 0 Å². The predicted octanol–water partition coefficient (Wildman–Crippen LogP) is 3.66. The van der Waals surface area contributed by atoms with Gasteiger partial charge in [0.1, 0.15) is 17.1 Å². The largest absolute Gasteiger partial charge is 0.506 e. The third kappa shape index (κ3) is 2.25. The number of fused-ring (bicyclic) bond motifs is 3. The Hall–Kier alpha value is -2.49. The summed E-state index contributed by atoms with van der Waals surface area (Å²) in [6.45, 7) is 7.81. The second-order valence-electron chi connectivity index (χ2n) is 6.53. The van der Waals surface area contributed by atoms with Crippen molar-refractivity contribution in [3.8, 4) is 22.6 Å². The van der Waals surface area contributed by atoms with Crippen LogP contribution < -0.4 is 10.1 Å². The number of benzene rings is 2. The highest BCUT2D eigenvalue weighted by molar-refractivity contribution is 6.02. The summed E-state index contributed by atoms with van der Waals surface area (Å²) in [5.41, 5.74) is 4.08. The van der Waals surface area contributed by atoms with Gasteiger partial charge in [-0.2, -0.15) is 0 Å². The number of carbonyl (C=O) groups is 1. The van der Waals surface area contributed by atoms with Gasteiger partial charge in [0.15, 0.2) is 0 Å². The van der Waals surface area contributed by atoms with Gasteiger partial charge in [-0.1, -0.05) is 23.8 Å². The van der Waals surface area contributed by atoms with Gasteiger partial charge in [0.05, 0.1) is 11.1 Å². The van der Waals surface area contributed by atoms with Gasteiger partial charge in [-0.05, 0) is 44.9 Å². The number of nitrogens with one attached hydrogen (secondary N) is 1. The molecule has 2 aromatic rings. The molecule has 4 heteroatoms. The zero-order chi connectivity index (χ0) is 16.9. The molecule has 3 rings (SSSR count). The molecule has 120 valence electrons. The molecule has 0 fully saturated rings. The van der Waals surface area contributed by atoms with Crippen molar-refractivity contribution in [2.75, 3.05) is 7.05 Å². The Morgan fingerprint density at radius 1 is 1.22 bits per heavy atom. The number of aryl methyl sites for hydroxylation is 2. The van der Waals surface area contributed by atoms with Gasteiger partial charge in [0.25, 0.3) is 5.91 Å². The molecule has 4 nitrogen and oxygen atoms in total. The van der Waals surface area contributed by atoms with Gasteiger partial charge in [-0.15, -0.1) is 0 Å². The number of rotatable bonds is 1. The van der Waals surface area contributed by atoms with Gasteiger partial charge in [0, 0.05) is 12.6 Å². The van der Waals surface area contributed by atoms with Crippen LogP contribution in [0.4, 0.5) is 0 Å². The lowest BCUT2D eigenvalue weighted by Crippen LogP contribution is -2.30. The summed E-state index contributed by atoms with van der Waals surface area (Å²) in [5, 5.41) is 13.4. The first-order chi connectivity index (χ1) is 10.8. The first kappa shape index (κ1) is 15.4. The molecule has 0 aromatic heterocycles. The van der Waals surface area contributed by atoms with Crippen LogP contribution in [0.2, 0.25) is 0 Å². The molecule has 0 bridgehead atoms. The van der Waals surface area contributed by atoms with Crippen LogP contribution >= 0.6 is 0 Å². The minimum absolute atomic E-state index is 0.0262. The summed E-state index contributed by atoms with van der Waals surface area (Å²) in [5.74, 6) is 0.277. The Balaban J connectivity index is 2.38. The Labute approximate surface area is 136 Å². The Morgan fingerprint density at radius 2 is 1.91 bits per heavy atom. The molecule has 1 aliphatic rings. The van der Waals surface area contributed by atoms with Gasteiger partial charge >= 0.3 is 0 Å². The quantitative estimate of drug-likeness (QED) is 0.845. The fourth-order valence-electron chi connectivity index (χ4n) is 3.24. The van der Waals surface area contributed by atoms with Crippen molar-refractivity contribution >= 4 is 5.91 Å². The number of phenolic OH excluding ortho intramolecular Hbond substituents is 1. The summed E-state index contributed by atoms with van der Waals surface area (Å²) in [6, 6.07) is 7.90. The predicted molar refractivity (Wildman–Crippen MR) is 90.1 cm³/mol. The molecule has 0 atom stereocenters. The highest BCUT2D eigenvalue weighted by Gasteiger charge is 2.35. The molecule has 1 amide bonds. The lowest BCUT2D eigenvalue weighted by molar-refractivity contribution is 0.0958. The van der Waals surface area contributed by atoms with Crippen LogP contribution in [0.1, 0.15) is 40.9 Å². The van der Waals surface area contributed by atoms with E-state index in [2.05, 4.69) is 5.32 Å². The van der Waals surface area contributed by atoms with Crippen LogP contribution in [0.5, 0.6) is 11.5 Å². The van der Waals surface area contributed by atoms with Crippen LogP contribution in [0.15, 0.2) is 24.3 Å². The number of amides is 1. The van der Waals surface area contributed by atoms with E-state index in [-0.39, 0.29) is 11.7 Å². The lowest BCUT2D eigenvalue weighted by Gasteiger charge is -2.36.